The molecular weight excluding hydrogens is 408 g/mol. The first-order valence-electron chi connectivity index (χ1n) is 12.8. The second-order valence-corrected chi connectivity index (χ2v) is 10.3. The van der Waals surface area contributed by atoms with E-state index in [9.17, 15) is 0 Å². The van der Waals surface area contributed by atoms with Crippen molar-refractivity contribution in [2.45, 2.75) is 52.1 Å². The zero-order valence-corrected chi connectivity index (χ0v) is 20.0. The average molecular weight is 445 g/mol. The molecule has 0 amide bonds. The Balaban J connectivity index is 1.27. The van der Waals surface area contributed by atoms with Crippen molar-refractivity contribution >= 4 is 17.7 Å². The van der Waals surface area contributed by atoms with Crippen LogP contribution in [-0.2, 0) is 6.54 Å². The van der Waals surface area contributed by atoms with E-state index in [0.29, 0.717) is 17.9 Å². The highest BCUT2D eigenvalue weighted by Crippen LogP contribution is 2.43. The molecule has 174 valence electrons. The SMILES string of the molecule is CC(C)N1CCN(c2cccc3nc(CN4CCC[C@H]5CCC6C=CC=NC6=C54)cn23)CC1. The quantitative estimate of drug-likeness (QED) is 0.703. The molecule has 6 rings (SSSR count). The number of dihydropyridines is 1. The topological polar surface area (TPSA) is 39.4 Å². The fourth-order valence-electron chi connectivity index (χ4n) is 6.27. The van der Waals surface area contributed by atoms with Gasteiger partial charge in [-0.1, -0.05) is 12.1 Å². The number of pyridine rings is 1. The number of aromatic nitrogens is 2. The number of hydrogen-bond donors (Lipinski definition) is 0. The number of aliphatic imine (C=N–C) groups is 1. The molecule has 6 nitrogen and oxygen atoms in total. The number of hydrogen-bond acceptors (Lipinski definition) is 5. The second-order valence-electron chi connectivity index (χ2n) is 10.3. The molecule has 3 aliphatic heterocycles. The van der Waals surface area contributed by atoms with Crippen LogP contribution in [0.25, 0.3) is 5.65 Å². The van der Waals surface area contributed by atoms with Gasteiger partial charge in [-0.25, -0.2) is 4.98 Å². The summed E-state index contributed by atoms with van der Waals surface area (Å²) < 4.78 is 2.31. The summed E-state index contributed by atoms with van der Waals surface area (Å²) in [5, 5.41) is 0. The third kappa shape index (κ3) is 3.88. The Bertz CT molecular complexity index is 1100. The van der Waals surface area contributed by atoms with E-state index < -0.39 is 0 Å². The number of nitrogens with zero attached hydrogens (tertiary/aromatic N) is 6. The van der Waals surface area contributed by atoms with E-state index in [-0.39, 0.29) is 0 Å². The lowest BCUT2D eigenvalue weighted by Crippen LogP contribution is -2.49. The standard InChI is InChI=1S/C27H36N6/c1-20(2)30-14-16-31(17-15-30)25-9-3-8-24-29-23(19-33(24)25)18-32-13-5-7-22-11-10-21-6-4-12-28-26(21)27(22)32/h3-4,6,8-9,12,19-22H,5,7,10-11,13-18H2,1-2H3/t21?,22-/m0/s1. The summed E-state index contributed by atoms with van der Waals surface area (Å²) in [6, 6.07) is 7.17. The summed E-state index contributed by atoms with van der Waals surface area (Å²) in [7, 11) is 0. The molecule has 0 radical (unpaired) electrons. The predicted octanol–water partition coefficient (Wildman–Crippen LogP) is 4.34. The molecule has 6 heteroatoms. The Morgan fingerprint density at radius 1 is 1.03 bits per heavy atom. The first-order chi connectivity index (χ1) is 16.2. The summed E-state index contributed by atoms with van der Waals surface area (Å²) in [5.74, 6) is 2.44. The number of likely N-dealkylation sites (tertiary alicyclic amines) is 1. The summed E-state index contributed by atoms with van der Waals surface area (Å²) >= 11 is 0. The van der Waals surface area contributed by atoms with E-state index in [2.05, 4.69) is 69.5 Å². The largest absolute Gasteiger partial charge is 0.367 e. The minimum Gasteiger partial charge on any atom is -0.367 e. The first kappa shape index (κ1) is 21.0. The highest BCUT2D eigenvalue weighted by molar-refractivity contribution is 5.74. The third-order valence-corrected chi connectivity index (χ3v) is 8.03. The minimum atomic E-state index is 0.499. The number of allylic oxidation sites excluding steroid dienone is 3. The van der Waals surface area contributed by atoms with Gasteiger partial charge in [-0.3, -0.25) is 14.3 Å². The Kier molecular flexibility index (Phi) is 5.49. The van der Waals surface area contributed by atoms with Gasteiger partial charge in [0.05, 0.1) is 17.9 Å². The van der Waals surface area contributed by atoms with Crippen LogP contribution in [0.3, 0.4) is 0 Å². The van der Waals surface area contributed by atoms with E-state index in [1.165, 1.54) is 42.9 Å². The molecule has 1 unspecified atom stereocenters. The normalized spacial score (nSPS) is 25.8. The molecule has 2 aromatic heterocycles. The Labute approximate surface area is 197 Å². The van der Waals surface area contributed by atoms with E-state index in [1.807, 2.05) is 6.21 Å². The monoisotopic (exact) mass is 444 g/mol. The highest BCUT2D eigenvalue weighted by Gasteiger charge is 2.35. The van der Waals surface area contributed by atoms with Gasteiger partial charge in [-0.15, -0.1) is 0 Å². The van der Waals surface area contributed by atoms with Gasteiger partial charge < -0.3 is 9.80 Å². The van der Waals surface area contributed by atoms with Crippen LogP contribution in [0.4, 0.5) is 5.82 Å². The van der Waals surface area contributed by atoms with E-state index in [1.54, 1.807) is 0 Å². The molecule has 0 saturated carbocycles. The van der Waals surface area contributed by atoms with E-state index in [4.69, 9.17) is 9.98 Å². The molecule has 2 atom stereocenters. The summed E-state index contributed by atoms with van der Waals surface area (Å²) in [4.78, 5) is 17.6. The van der Waals surface area contributed by atoms with Gasteiger partial charge in [0.15, 0.2) is 0 Å². The number of rotatable bonds is 4. The first-order valence-corrected chi connectivity index (χ1v) is 12.8. The average Bonchev–Trinajstić information content (AvgIpc) is 3.26. The number of fused-ring (bicyclic) bond motifs is 3. The molecule has 4 aliphatic rings. The summed E-state index contributed by atoms with van der Waals surface area (Å²) in [6.07, 6.45) is 13.8. The van der Waals surface area contributed by atoms with Gasteiger partial charge >= 0.3 is 0 Å². The molecule has 0 N–H and O–H groups in total. The number of piperazine rings is 1. The number of anilines is 1. The molecular formula is C27H36N6. The minimum absolute atomic E-state index is 0.499. The smallest absolute Gasteiger partial charge is 0.138 e. The molecule has 5 heterocycles. The molecule has 2 aromatic rings. The maximum absolute atomic E-state index is 5.06. The molecule has 2 fully saturated rings. The Hall–Kier alpha value is -2.60. The van der Waals surface area contributed by atoms with Gasteiger partial charge in [0.25, 0.3) is 0 Å². The highest BCUT2D eigenvalue weighted by atomic mass is 15.3. The van der Waals surface area contributed by atoms with Gasteiger partial charge in [-0.2, -0.15) is 0 Å². The lowest BCUT2D eigenvalue weighted by molar-refractivity contribution is 0.203. The van der Waals surface area contributed by atoms with Crippen LogP contribution in [-0.4, -0.2) is 64.2 Å². The molecule has 2 saturated heterocycles. The van der Waals surface area contributed by atoms with E-state index >= 15 is 0 Å². The van der Waals surface area contributed by atoms with Crippen LogP contribution in [0.15, 0.2) is 52.9 Å². The van der Waals surface area contributed by atoms with Crippen LogP contribution in [0.1, 0.15) is 45.2 Å². The molecule has 0 aromatic carbocycles. The third-order valence-electron chi connectivity index (χ3n) is 8.03. The molecule has 0 bridgehead atoms. The van der Waals surface area contributed by atoms with Gasteiger partial charge in [-0.05, 0) is 57.7 Å². The van der Waals surface area contributed by atoms with Crippen molar-refractivity contribution in [2.75, 3.05) is 37.6 Å². The number of imidazole rings is 1. The Morgan fingerprint density at radius 3 is 2.76 bits per heavy atom. The maximum atomic E-state index is 5.06. The van der Waals surface area contributed by atoms with Crippen molar-refractivity contribution in [3.63, 3.8) is 0 Å². The Morgan fingerprint density at radius 2 is 1.91 bits per heavy atom. The molecule has 33 heavy (non-hydrogen) atoms. The van der Waals surface area contributed by atoms with Crippen LogP contribution in [0.2, 0.25) is 0 Å². The van der Waals surface area contributed by atoms with Crippen LogP contribution >= 0.6 is 0 Å². The second kappa shape index (κ2) is 8.64. The van der Waals surface area contributed by atoms with Gasteiger partial charge in [0.1, 0.15) is 11.5 Å². The van der Waals surface area contributed by atoms with Crippen molar-refractivity contribution in [3.8, 4) is 0 Å². The summed E-state index contributed by atoms with van der Waals surface area (Å²) in [6.45, 7) is 11.0. The van der Waals surface area contributed by atoms with Crippen LogP contribution in [0.5, 0.6) is 0 Å². The van der Waals surface area contributed by atoms with Crippen molar-refractivity contribution in [2.24, 2.45) is 16.8 Å². The number of piperidine rings is 1. The molecule has 1 aliphatic carbocycles. The zero-order valence-electron chi connectivity index (χ0n) is 20.0. The molecule has 0 spiro atoms. The van der Waals surface area contributed by atoms with Crippen LogP contribution < -0.4 is 4.90 Å². The fraction of sp³-hybridized carbons (Fsp3) is 0.556. The van der Waals surface area contributed by atoms with Crippen LogP contribution in [0, 0.1) is 11.8 Å². The summed E-state index contributed by atoms with van der Waals surface area (Å²) in [5.41, 5.74) is 5.04. The van der Waals surface area contributed by atoms with Crippen molar-refractivity contribution in [1.82, 2.24) is 19.2 Å². The van der Waals surface area contributed by atoms with Crippen molar-refractivity contribution < 1.29 is 0 Å². The maximum Gasteiger partial charge on any atom is 0.138 e. The van der Waals surface area contributed by atoms with E-state index in [0.717, 1.165) is 50.6 Å². The van der Waals surface area contributed by atoms with Crippen molar-refractivity contribution in [1.29, 1.82) is 0 Å². The fourth-order valence-corrected chi connectivity index (χ4v) is 6.27. The lowest BCUT2D eigenvalue weighted by Gasteiger charge is -2.42. The predicted molar refractivity (Wildman–Crippen MR) is 135 cm³/mol. The van der Waals surface area contributed by atoms with Gasteiger partial charge in [0, 0.05) is 68.7 Å². The lowest BCUT2D eigenvalue weighted by atomic mass is 9.78. The van der Waals surface area contributed by atoms with Gasteiger partial charge in [0.2, 0.25) is 0 Å². The van der Waals surface area contributed by atoms with Crippen molar-refractivity contribution in [3.05, 3.63) is 53.6 Å². The zero-order chi connectivity index (χ0) is 22.4.